The highest BCUT2D eigenvalue weighted by atomic mass is 79.9. The van der Waals surface area contributed by atoms with Crippen LogP contribution in [-0.2, 0) is 6.42 Å². The maximum absolute atomic E-state index is 13.8. The second kappa shape index (κ2) is 7.07. The normalized spacial score (nSPS) is 21.8. The molecule has 1 saturated heterocycles. The summed E-state index contributed by atoms with van der Waals surface area (Å²) < 4.78 is 14.3. The van der Waals surface area contributed by atoms with Gasteiger partial charge in [-0.05, 0) is 46.9 Å². The molecule has 1 aromatic rings. The first-order valence-corrected chi connectivity index (χ1v) is 6.53. The third-order valence-corrected chi connectivity index (χ3v) is 3.74. The molecule has 0 aromatic heterocycles. The minimum atomic E-state index is -1.04. The lowest BCUT2D eigenvalue weighted by atomic mass is 10.0. The molecule has 1 aromatic carbocycles. The first-order valence-electron chi connectivity index (χ1n) is 5.73. The van der Waals surface area contributed by atoms with Crippen LogP contribution in [0.2, 0.25) is 0 Å². The third-order valence-electron chi connectivity index (χ3n) is 3.13. The summed E-state index contributed by atoms with van der Waals surface area (Å²) in [6.07, 6.45) is 0.159. The zero-order valence-corrected chi connectivity index (χ0v) is 12.4. The molecule has 0 radical (unpaired) electrons. The van der Waals surface area contributed by atoms with E-state index in [1.165, 1.54) is 0 Å². The lowest BCUT2D eigenvalue weighted by Crippen LogP contribution is -2.44. The highest BCUT2D eigenvalue weighted by Gasteiger charge is 2.28. The van der Waals surface area contributed by atoms with E-state index in [2.05, 4.69) is 26.6 Å². The Bertz CT molecular complexity index is 461. The number of rotatable bonds is 3. The second-order valence-electron chi connectivity index (χ2n) is 4.32. The lowest BCUT2D eigenvalue weighted by Gasteiger charge is -2.19. The van der Waals surface area contributed by atoms with Gasteiger partial charge in [-0.2, -0.15) is 0 Å². The largest absolute Gasteiger partial charge is 0.465 e. The highest BCUT2D eigenvalue weighted by molar-refractivity contribution is 9.10. The molecule has 106 valence electrons. The van der Waals surface area contributed by atoms with Crippen LogP contribution in [0.4, 0.5) is 9.18 Å². The van der Waals surface area contributed by atoms with Crippen molar-refractivity contribution in [3.8, 4) is 0 Å². The number of carboxylic acid groups (broad SMARTS) is 1. The molecule has 0 saturated carbocycles. The van der Waals surface area contributed by atoms with Gasteiger partial charge in [-0.25, -0.2) is 9.18 Å². The summed E-state index contributed by atoms with van der Waals surface area (Å²) in [5.41, 5.74) is 0.584. The van der Waals surface area contributed by atoms with Crippen LogP contribution in [0.25, 0.3) is 0 Å². The third kappa shape index (κ3) is 4.06. The molecule has 1 aliphatic rings. The van der Waals surface area contributed by atoms with Gasteiger partial charge in [0.1, 0.15) is 5.82 Å². The Labute approximate surface area is 125 Å². The van der Waals surface area contributed by atoms with Gasteiger partial charge in [-0.3, -0.25) is 0 Å². The number of halogens is 3. The van der Waals surface area contributed by atoms with E-state index in [1.807, 2.05) is 0 Å². The summed E-state index contributed by atoms with van der Waals surface area (Å²) >= 11 is 3.15. The van der Waals surface area contributed by atoms with Crippen LogP contribution in [0.3, 0.4) is 0 Å². The summed E-state index contributed by atoms with van der Waals surface area (Å²) in [5.74, 6) is -0.278. The van der Waals surface area contributed by atoms with Crippen molar-refractivity contribution in [1.82, 2.24) is 10.6 Å². The summed E-state index contributed by atoms with van der Waals surface area (Å²) in [6.45, 7) is 0.741. The summed E-state index contributed by atoms with van der Waals surface area (Å²) in [4.78, 5) is 10.7. The van der Waals surface area contributed by atoms with Crippen LogP contribution in [0.15, 0.2) is 22.7 Å². The van der Waals surface area contributed by atoms with Crippen molar-refractivity contribution in [3.05, 3.63) is 34.1 Å². The molecule has 0 unspecified atom stereocenters. The molecule has 2 rings (SSSR count). The minimum Gasteiger partial charge on any atom is -0.465 e. The molecule has 1 fully saturated rings. The van der Waals surface area contributed by atoms with E-state index >= 15 is 0 Å². The fourth-order valence-electron chi connectivity index (χ4n) is 2.26. The fourth-order valence-corrected chi connectivity index (χ4v) is 2.66. The number of nitrogens with one attached hydrogen (secondary N) is 2. The predicted octanol–water partition coefficient (Wildman–Crippen LogP) is 2.55. The molecule has 0 spiro atoms. The highest BCUT2D eigenvalue weighted by Crippen LogP contribution is 2.21. The van der Waals surface area contributed by atoms with Gasteiger partial charge in [-0.1, -0.05) is 12.1 Å². The van der Waals surface area contributed by atoms with Crippen LogP contribution >= 0.6 is 28.3 Å². The molecular weight excluding hydrogens is 338 g/mol. The van der Waals surface area contributed by atoms with E-state index in [0.717, 1.165) is 13.0 Å². The van der Waals surface area contributed by atoms with Crippen molar-refractivity contribution in [2.75, 3.05) is 6.54 Å². The van der Waals surface area contributed by atoms with Crippen LogP contribution < -0.4 is 10.6 Å². The Balaban J connectivity index is 0.00000180. The molecular formula is C12H15BrClFN2O2. The maximum atomic E-state index is 13.8. The second-order valence-corrected chi connectivity index (χ2v) is 5.18. The number of benzene rings is 1. The van der Waals surface area contributed by atoms with E-state index in [4.69, 9.17) is 5.11 Å². The van der Waals surface area contributed by atoms with Crippen LogP contribution in [0, 0.1) is 5.82 Å². The number of hydrogen-bond donors (Lipinski definition) is 3. The van der Waals surface area contributed by atoms with E-state index in [1.54, 1.807) is 18.2 Å². The van der Waals surface area contributed by atoms with Crippen molar-refractivity contribution in [3.63, 3.8) is 0 Å². The Morgan fingerprint density at radius 3 is 3.00 bits per heavy atom. The van der Waals surface area contributed by atoms with E-state index in [9.17, 15) is 9.18 Å². The summed E-state index contributed by atoms with van der Waals surface area (Å²) in [7, 11) is 0. The van der Waals surface area contributed by atoms with Crippen molar-refractivity contribution in [1.29, 1.82) is 0 Å². The van der Waals surface area contributed by atoms with Gasteiger partial charge < -0.3 is 15.7 Å². The smallest absolute Gasteiger partial charge is 0.404 e. The van der Waals surface area contributed by atoms with E-state index < -0.39 is 6.09 Å². The van der Waals surface area contributed by atoms with Crippen molar-refractivity contribution < 1.29 is 14.3 Å². The topological polar surface area (TPSA) is 61.4 Å². The Hall–Kier alpha value is -0.850. The SMILES string of the molecule is Cl.O=C(O)N[C@H]1CCN[C@H]1Cc1cccc(Br)c1F. The quantitative estimate of drug-likeness (QED) is 0.782. The molecule has 7 heteroatoms. The fraction of sp³-hybridized carbons (Fsp3) is 0.417. The predicted molar refractivity (Wildman–Crippen MR) is 76.4 cm³/mol. The summed E-state index contributed by atoms with van der Waals surface area (Å²) in [6, 6.07) is 4.91. The van der Waals surface area contributed by atoms with Crippen LogP contribution in [-0.4, -0.2) is 29.8 Å². The standard InChI is InChI=1S/C12H14BrFN2O2.ClH/c13-8-3-1-2-7(11(8)14)6-10-9(4-5-15-10)16-12(17)18;/h1-3,9-10,15-16H,4-6H2,(H,17,18);1H/t9-,10-;/m0./s1. The van der Waals surface area contributed by atoms with Gasteiger partial charge in [0.15, 0.2) is 0 Å². The molecule has 19 heavy (non-hydrogen) atoms. The van der Waals surface area contributed by atoms with Gasteiger partial charge >= 0.3 is 6.09 Å². The molecule has 0 bridgehead atoms. The van der Waals surface area contributed by atoms with Crippen molar-refractivity contribution in [2.24, 2.45) is 0 Å². The molecule has 1 heterocycles. The molecule has 1 aliphatic heterocycles. The average Bonchev–Trinajstić information content (AvgIpc) is 2.72. The summed E-state index contributed by atoms with van der Waals surface area (Å²) in [5, 5.41) is 14.4. The van der Waals surface area contributed by atoms with Gasteiger partial charge in [0.05, 0.1) is 4.47 Å². The number of hydrogen-bond acceptors (Lipinski definition) is 2. The first-order chi connectivity index (χ1) is 8.58. The molecule has 4 nitrogen and oxygen atoms in total. The Morgan fingerprint density at radius 1 is 1.58 bits per heavy atom. The lowest BCUT2D eigenvalue weighted by molar-refractivity contribution is 0.188. The molecule has 3 N–H and O–H groups in total. The minimum absolute atomic E-state index is 0. The average molecular weight is 354 g/mol. The molecule has 1 amide bonds. The van der Waals surface area contributed by atoms with Gasteiger partial charge in [0, 0.05) is 12.1 Å². The number of amides is 1. The Kier molecular flexibility index (Phi) is 6.03. The van der Waals surface area contributed by atoms with Crippen molar-refractivity contribution >= 4 is 34.4 Å². The van der Waals surface area contributed by atoms with Crippen LogP contribution in [0.1, 0.15) is 12.0 Å². The Morgan fingerprint density at radius 2 is 2.32 bits per heavy atom. The van der Waals surface area contributed by atoms with Gasteiger partial charge in [0.2, 0.25) is 0 Å². The van der Waals surface area contributed by atoms with E-state index in [0.29, 0.717) is 16.5 Å². The van der Waals surface area contributed by atoms with Gasteiger partial charge in [0.25, 0.3) is 0 Å². The number of carbonyl (C=O) groups is 1. The molecule has 0 aliphatic carbocycles. The molecule has 2 atom stereocenters. The maximum Gasteiger partial charge on any atom is 0.404 e. The van der Waals surface area contributed by atoms with Crippen molar-refractivity contribution in [2.45, 2.75) is 24.9 Å². The van der Waals surface area contributed by atoms with Gasteiger partial charge in [-0.15, -0.1) is 12.4 Å². The monoisotopic (exact) mass is 352 g/mol. The van der Waals surface area contributed by atoms with Crippen LogP contribution in [0.5, 0.6) is 0 Å². The zero-order chi connectivity index (χ0) is 13.1. The van der Waals surface area contributed by atoms with E-state index in [-0.39, 0.29) is 30.3 Å². The zero-order valence-electron chi connectivity index (χ0n) is 10.0. The first kappa shape index (κ1) is 16.2.